The SMILES string of the molecule is C=C(Cl)COc1cc2ccccc2cc1C(=O)O. The van der Waals surface area contributed by atoms with Gasteiger partial charge in [0, 0.05) is 5.03 Å². The van der Waals surface area contributed by atoms with Crippen LogP contribution in [-0.2, 0) is 0 Å². The maximum atomic E-state index is 11.2. The van der Waals surface area contributed by atoms with E-state index < -0.39 is 5.97 Å². The Morgan fingerprint density at radius 1 is 1.28 bits per heavy atom. The molecule has 2 aromatic rings. The molecule has 0 saturated carbocycles. The standard InChI is InChI=1S/C14H11ClO3/c1-9(15)8-18-13-7-11-5-3-2-4-10(11)6-12(13)14(16)17/h2-7H,1,8H2,(H,16,17). The van der Waals surface area contributed by atoms with E-state index in [0.717, 1.165) is 10.8 Å². The Balaban J connectivity index is 2.50. The molecule has 0 saturated heterocycles. The smallest absolute Gasteiger partial charge is 0.339 e. The maximum Gasteiger partial charge on any atom is 0.339 e. The number of carboxylic acids is 1. The maximum absolute atomic E-state index is 11.2. The van der Waals surface area contributed by atoms with Gasteiger partial charge < -0.3 is 9.84 Å². The number of benzene rings is 2. The highest BCUT2D eigenvalue weighted by atomic mass is 35.5. The molecule has 0 amide bonds. The molecule has 0 fully saturated rings. The van der Waals surface area contributed by atoms with Gasteiger partial charge in [0.05, 0.1) is 0 Å². The lowest BCUT2D eigenvalue weighted by Gasteiger charge is -2.10. The Morgan fingerprint density at radius 3 is 2.44 bits per heavy atom. The molecular formula is C14H11ClO3. The summed E-state index contributed by atoms with van der Waals surface area (Å²) in [4.78, 5) is 11.2. The van der Waals surface area contributed by atoms with Crippen LogP contribution in [0.1, 0.15) is 10.4 Å². The molecule has 2 rings (SSSR count). The van der Waals surface area contributed by atoms with Crippen molar-refractivity contribution in [2.24, 2.45) is 0 Å². The summed E-state index contributed by atoms with van der Waals surface area (Å²) in [5, 5.41) is 11.2. The largest absolute Gasteiger partial charge is 0.487 e. The minimum atomic E-state index is -1.03. The van der Waals surface area contributed by atoms with Gasteiger partial charge in [0.25, 0.3) is 0 Å². The second-order valence-corrected chi connectivity index (χ2v) is 4.34. The van der Waals surface area contributed by atoms with Crippen LogP contribution in [0.3, 0.4) is 0 Å². The zero-order valence-corrected chi connectivity index (χ0v) is 10.3. The van der Waals surface area contributed by atoms with Gasteiger partial charge in [0.2, 0.25) is 0 Å². The molecule has 0 radical (unpaired) electrons. The number of hydrogen-bond donors (Lipinski definition) is 1. The van der Waals surface area contributed by atoms with Crippen LogP contribution >= 0.6 is 11.6 Å². The third-order valence-electron chi connectivity index (χ3n) is 2.46. The Kier molecular flexibility index (Phi) is 3.53. The Hall–Kier alpha value is -2.00. The number of aromatic carboxylic acids is 1. The molecule has 0 spiro atoms. The predicted octanol–water partition coefficient (Wildman–Crippen LogP) is 3.67. The van der Waals surface area contributed by atoms with Gasteiger partial charge in [-0.1, -0.05) is 42.4 Å². The molecule has 92 valence electrons. The third-order valence-corrected chi connectivity index (χ3v) is 2.57. The summed E-state index contributed by atoms with van der Waals surface area (Å²) >= 11 is 5.61. The lowest BCUT2D eigenvalue weighted by molar-refractivity contribution is 0.0693. The molecule has 0 aliphatic heterocycles. The fraction of sp³-hybridized carbons (Fsp3) is 0.0714. The molecule has 0 unspecified atom stereocenters. The monoisotopic (exact) mass is 262 g/mol. The Bertz CT molecular complexity index is 619. The highest BCUT2D eigenvalue weighted by Crippen LogP contribution is 2.26. The zero-order chi connectivity index (χ0) is 13.1. The van der Waals surface area contributed by atoms with Crippen molar-refractivity contribution in [1.29, 1.82) is 0 Å². The van der Waals surface area contributed by atoms with Gasteiger partial charge in [-0.05, 0) is 22.9 Å². The number of ether oxygens (including phenoxy) is 1. The molecule has 18 heavy (non-hydrogen) atoms. The van der Waals surface area contributed by atoms with Gasteiger partial charge in [-0.2, -0.15) is 0 Å². The molecule has 0 aliphatic carbocycles. The fourth-order valence-electron chi connectivity index (χ4n) is 1.66. The fourth-order valence-corrected chi connectivity index (χ4v) is 1.72. The lowest BCUT2D eigenvalue weighted by atomic mass is 10.1. The Labute approximate surface area is 109 Å². The minimum absolute atomic E-state index is 0.0835. The summed E-state index contributed by atoms with van der Waals surface area (Å²) in [5.41, 5.74) is 0.117. The molecule has 2 aromatic carbocycles. The summed E-state index contributed by atoms with van der Waals surface area (Å²) in [5.74, 6) is -0.737. The van der Waals surface area contributed by atoms with Crippen molar-refractivity contribution in [3.63, 3.8) is 0 Å². The van der Waals surface area contributed by atoms with Crippen molar-refractivity contribution in [3.8, 4) is 5.75 Å². The average Bonchev–Trinajstić information content (AvgIpc) is 2.35. The van der Waals surface area contributed by atoms with Crippen molar-refractivity contribution in [2.45, 2.75) is 0 Å². The first-order chi connectivity index (χ1) is 8.58. The zero-order valence-electron chi connectivity index (χ0n) is 9.52. The molecule has 0 aromatic heterocycles. The van der Waals surface area contributed by atoms with Crippen LogP contribution in [0.4, 0.5) is 0 Å². The van der Waals surface area contributed by atoms with Crippen molar-refractivity contribution in [3.05, 3.63) is 53.6 Å². The van der Waals surface area contributed by atoms with Gasteiger partial charge in [-0.15, -0.1) is 0 Å². The number of fused-ring (bicyclic) bond motifs is 1. The lowest BCUT2D eigenvalue weighted by Crippen LogP contribution is -2.04. The van der Waals surface area contributed by atoms with Crippen molar-refractivity contribution >= 4 is 28.3 Å². The summed E-state index contributed by atoms with van der Waals surface area (Å²) in [6, 6.07) is 10.8. The molecule has 1 N–H and O–H groups in total. The molecule has 0 bridgehead atoms. The van der Waals surface area contributed by atoms with E-state index in [1.54, 1.807) is 12.1 Å². The molecule has 4 heteroatoms. The topological polar surface area (TPSA) is 46.5 Å². The van der Waals surface area contributed by atoms with Crippen LogP contribution in [0.5, 0.6) is 5.75 Å². The second kappa shape index (κ2) is 5.10. The Morgan fingerprint density at radius 2 is 1.89 bits per heavy atom. The number of rotatable bonds is 4. The van der Waals surface area contributed by atoms with E-state index in [4.69, 9.17) is 21.4 Å². The van der Waals surface area contributed by atoms with Gasteiger partial charge in [0.15, 0.2) is 0 Å². The van der Waals surface area contributed by atoms with Crippen LogP contribution in [0.25, 0.3) is 10.8 Å². The number of hydrogen-bond acceptors (Lipinski definition) is 2. The van der Waals surface area contributed by atoms with Crippen LogP contribution in [0, 0.1) is 0 Å². The van der Waals surface area contributed by atoms with E-state index in [-0.39, 0.29) is 12.2 Å². The number of carbonyl (C=O) groups is 1. The van der Waals surface area contributed by atoms with Crippen LogP contribution in [-0.4, -0.2) is 17.7 Å². The van der Waals surface area contributed by atoms with Crippen molar-refractivity contribution in [2.75, 3.05) is 6.61 Å². The first kappa shape index (κ1) is 12.5. The van der Waals surface area contributed by atoms with Gasteiger partial charge in [-0.3, -0.25) is 0 Å². The van der Waals surface area contributed by atoms with E-state index in [9.17, 15) is 4.79 Å². The molecule has 0 heterocycles. The summed E-state index contributed by atoms with van der Waals surface area (Å²) in [7, 11) is 0. The van der Waals surface area contributed by atoms with Crippen LogP contribution in [0.15, 0.2) is 48.0 Å². The predicted molar refractivity (Wildman–Crippen MR) is 71.4 cm³/mol. The number of carboxylic acid groups (broad SMARTS) is 1. The molecule has 0 atom stereocenters. The van der Waals surface area contributed by atoms with E-state index >= 15 is 0 Å². The number of halogens is 1. The minimum Gasteiger partial charge on any atom is -0.487 e. The highest BCUT2D eigenvalue weighted by molar-refractivity contribution is 6.29. The summed E-state index contributed by atoms with van der Waals surface area (Å²) < 4.78 is 5.36. The van der Waals surface area contributed by atoms with Crippen molar-refractivity contribution < 1.29 is 14.6 Å². The van der Waals surface area contributed by atoms with E-state index in [1.807, 2.05) is 24.3 Å². The highest BCUT2D eigenvalue weighted by Gasteiger charge is 2.13. The molecule has 3 nitrogen and oxygen atoms in total. The average molecular weight is 263 g/mol. The second-order valence-electron chi connectivity index (χ2n) is 3.81. The normalized spacial score (nSPS) is 10.3. The van der Waals surface area contributed by atoms with E-state index in [0.29, 0.717) is 10.8 Å². The van der Waals surface area contributed by atoms with Crippen molar-refractivity contribution in [1.82, 2.24) is 0 Å². The van der Waals surface area contributed by atoms with E-state index in [2.05, 4.69) is 6.58 Å². The molecular weight excluding hydrogens is 252 g/mol. The first-order valence-electron chi connectivity index (χ1n) is 5.30. The summed E-state index contributed by atoms with van der Waals surface area (Å²) in [6.07, 6.45) is 0. The quantitative estimate of drug-likeness (QED) is 0.914. The van der Waals surface area contributed by atoms with Gasteiger partial charge in [-0.25, -0.2) is 4.79 Å². The molecule has 0 aliphatic rings. The third kappa shape index (κ3) is 2.63. The van der Waals surface area contributed by atoms with E-state index in [1.165, 1.54) is 0 Å². The summed E-state index contributed by atoms with van der Waals surface area (Å²) in [6.45, 7) is 3.58. The van der Waals surface area contributed by atoms with Gasteiger partial charge >= 0.3 is 5.97 Å². The van der Waals surface area contributed by atoms with Gasteiger partial charge in [0.1, 0.15) is 17.9 Å². The van der Waals surface area contributed by atoms with Crippen LogP contribution in [0.2, 0.25) is 0 Å². The first-order valence-corrected chi connectivity index (χ1v) is 5.68. The van der Waals surface area contributed by atoms with Crippen LogP contribution < -0.4 is 4.74 Å².